The van der Waals surface area contributed by atoms with Crippen LogP contribution in [0.4, 0.5) is 4.39 Å². The molecule has 0 unspecified atom stereocenters. The minimum Gasteiger partial charge on any atom is -0.307 e. The first-order chi connectivity index (χ1) is 6.29. The molecular weight excluding hydrogens is 280 g/mol. The zero-order valence-electron chi connectivity index (χ0n) is 7.19. The minimum atomic E-state index is -0.272. The largest absolute Gasteiger partial charge is 0.307 e. The molecule has 0 saturated heterocycles. The van der Waals surface area contributed by atoms with Gasteiger partial charge in [0.2, 0.25) is 0 Å². The Hall–Kier alpha value is -0.160. The molecule has 2 rings (SSSR count). The van der Waals surface area contributed by atoms with Gasteiger partial charge in [-0.25, -0.2) is 4.39 Å². The maximum atomic E-state index is 12.4. The van der Waals surface area contributed by atoms with Crippen LogP contribution >= 0.6 is 22.6 Å². The smallest absolute Gasteiger partial charge is 0.105 e. The molecule has 1 aromatic rings. The highest BCUT2D eigenvalue weighted by Crippen LogP contribution is 2.19. The van der Waals surface area contributed by atoms with Crippen LogP contribution in [0.3, 0.4) is 0 Å². The summed E-state index contributed by atoms with van der Waals surface area (Å²) in [6.45, 7) is 0.534. The van der Waals surface area contributed by atoms with Crippen molar-refractivity contribution in [2.45, 2.75) is 19.0 Å². The minimum absolute atomic E-state index is 0.0209. The third-order valence-corrected chi connectivity index (χ3v) is 3.07. The van der Waals surface area contributed by atoms with Crippen LogP contribution in [-0.2, 0) is 13.0 Å². The number of benzene rings is 1. The van der Waals surface area contributed by atoms with Gasteiger partial charge in [0.15, 0.2) is 0 Å². The first kappa shape index (κ1) is 9.40. The third kappa shape index (κ3) is 2.02. The average Bonchev–Trinajstić information content (AvgIpc) is 2.17. The van der Waals surface area contributed by atoms with Crippen LogP contribution in [-0.4, -0.2) is 12.7 Å². The van der Waals surface area contributed by atoms with Crippen molar-refractivity contribution in [3.05, 3.63) is 32.9 Å². The van der Waals surface area contributed by atoms with Crippen LogP contribution < -0.4 is 5.32 Å². The molecular formula is C10H11FIN. The maximum Gasteiger partial charge on any atom is 0.105 e. The molecule has 0 amide bonds. The summed E-state index contributed by atoms with van der Waals surface area (Å²) in [5.41, 5.74) is 2.61. The molecule has 0 bridgehead atoms. The highest BCUT2D eigenvalue weighted by molar-refractivity contribution is 14.1. The molecule has 0 aromatic heterocycles. The van der Waals surface area contributed by atoms with E-state index in [4.69, 9.17) is 0 Å². The van der Waals surface area contributed by atoms with Crippen LogP contribution in [0, 0.1) is 3.57 Å². The summed E-state index contributed by atoms with van der Waals surface area (Å²) in [5.74, 6) is 0. The van der Waals surface area contributed by atoms with Gasteiger partial charge in [0.25, 0.3) is 0 Å². The molecule has 0 spiro atoms. The SMILES string of the molecule is FC[C@H]1Cc2ccc(I)cc2CN1. The van der Waals surface area contributed by atoms with Crippen molar-refractivity contribution in [3.63, 3.8) is 0 Å². The number of hydrogen-bond acceptors (Lipinski definition) is 1. The molecule has 0 saturated carbocycles. The van der Waals surface area contributed by atoms with Gasteiger partial charge in [-0.1, -0.05) is 6.07 Å². The predicted molar refractivity (Wildman–Crippen MR) is 59.5 cm³/mol. The number of rotatable bonds is 1. The topological polar surface area (TPSA) is 12.0 Å². The average molecular weight is 291 g/mol. The van der Waals surface area contributed by atoms with E-state index >= 15 is 0 Å². The highest BCUT2D eigenvalue weighted by atomic mass is 127. The first-order valence-corrected chi connectivity index (χ1v) is 5.44. The summed E-state index contributed by atoms with van der Waals surface area (Å²) < 4.78 is 13.6. The zero-order chi connectivity index (χ0) is 9.26. The van der Waals surface area contributed by atoms with Gasteiger partial charge < -0.3 is 5.32 Å². The van der Waals surface area contributed by atoms with E-state index in [0.29, 0.717) is 0 Å². The van der Waals surface area contributed by atoms with Crippen molar-refractivity contribution in [2.24, 2.45) is 0 Å². The van der Waals surface area contributed by atoms with E-state index in [2.05, 4.69) is 46.1 Å². The molecule has 70 valence electrons. The van der Waals surface area contributed by atoms with Crippen LogP contribution in [0.1, 0.15) is 11.1 Å². The summed E-state index contributed by atoms with van der Waals surface area (Å²) in [5, 5.41) is 3.17. The Morgan fingerprint density at radius 3 is 3.08 bits per heavy atom. The summed E-state index contributed by atoms with van der Waals surface area (Å²) in [4.78, 5) is 0. The van der Waals surface area contributed by atoms with Gasteiger partial charge in [0.05, 0.1) is 0 Å². The fourth-order valence-corrected chi connectivity index (χ4v) is 2.21. The lowest BCUT2D eigenvalue weighted by Crippen LogP contribution is -2.37. The molecule has 1 atom stereocenters. The second kappa shape index (κ2) is 3.92. The Morgan fingerprint density at radius 2 is 2.31 bits per heavy atom. The van der Waals surface area contributed by atoms with Gasteiger partial charge in [0, 0.05) is 16.2 Å². The monoisotopic (exact) mass is 291 g/mol. The van der Waals surface area contributed by atoms with Gasteiger partial charge >= 0.3 is 0 Å². The molecule has 1 nitrogen and oxygen atoms in total. The van der Waals surface area contributed by atoms with Crippen molar-refractivity contribution >= 4 is 22.6 Å². The van der Waals surface area contributed by atoms with E-state index in [0.717, 1.165) is 13.0 Å². The number of fused-ring (bicyclic) bond motifs is 1. The summed E-state index contributed by atoms with van der Waals surface area (Å²) in [6.07, 6.45) is 0.822. The molecule has 0 radical (unpaired) electrons. The van der Waals surface area contributed by atoms with E-state index in [1.807, 2.05) is 0 Å². The Bertz CT molecular complexity index is 314. The van der Waals surface area contributed by atoms with Crippen LogP contribution in [0.5, 0.6) is 0 Å². The summed E-state index contributed by atoms with van der Waals surface area (Å²) in [6, 6.07) is 6.38. The van der Waals surface area contributed by atoms with Gasteiger partial charge in [0.1, 0.15) is 6.67 Å². The van der Waals surface area contributed by atoms with Crippen molar-refractivity contribution in [2.75, 3.05) is 6.67 Å². The normalized spacial score (nSPS) is 21.2. The van der Waals surface area contributed by atoms with Gasteiger partial charge in [-0.05, 0) is 52.3 Å². The van der Waals surface area contributed by atoms with Crippen molar-refractivity contribution in [3.8, 4) is 0 Å². The predicted octanol–water partition coefficient (Wildman–Crippen LogP) is 2.27. The van der Waals surface area contributed by atoms with Gasteiger partial charge in [-0.3, -0.25) is 0 Å². The lowest BCUT2D eigenvalue weighted by atomic mass is 9.97. The lowest BCUT2D eigenvalue weighted by molar-refractivity contribution is 0.359. The molecule has 0 fully saturated rings. The van der Waals surface area contributed by atoms with Crippen molar-refractivity contribution in [1.29, 1.82) is 0 Å². The lowest BCUT2D eigenvalue weighted by Gasteiger charge is -2.23. The summed E-state index contributed by atoms with van der Waals surface area (Å²) >= 11 is 2.30. The Kier molecular flexibility index (Phi) is 2.83. The maximum absolute atomic E-state index is 12.4. The molecule has 1 aliphatic heterocycles. The summed E-state index contributed by atoms with van der Waals surface area (Å²) in [7, 11) is 0. The molecule has 13 heavy (non-hydrogen) atoms. The second-order valence-corrected chi connectivity index (χ2v) is 4.59. The van der Waals surface area contributed by atoms with Gasteiger partial charge in [-0.2, -0.15) is 0 Å². The fourth-order valence-electron chi connectivity index (χ4n) is 1.66. The standard InChI is InChI=1S/C10H11FIN/c11-5-10-4-7-1-2-9(12)3-8(7)6-13-10/h1-3,10,13H,4-6H2/t10-/m1/s1. The Balaban J connectivity index is 2.26. The number of hydrogen-bond donors (Lipinski definition) is 1. The fraction of sp³-hybridized carbons (Fsp3) is 0.400. The van der Waals surface area contributed by atoms with Gasteiger partial charge in [-0.15, -0.1) is 0 Å². The Morgan fingerprint density at radius 1 is 1.46 bits per heavy atom. The number of nitrogens with one attached hydrogen (secondary N) is 1. The van der Waals surface area contributed by atoms with Crippen molar-refractivity contribution in [1.82, 2.24) is 5.32 Å². The van der Waals surface area contributed by atoms with Crippen LogP contribution in [0.25, 0.3) is 0 Å². The third-order valence-electron chi connectivity index (χ3n) is 2.40. The zero-order valence-corrected chi connectivity index (χ0v) is 9.34. The van der Waals surface area contributed by atoms with E-state index < -0.39 is 0 Å². The van der Waals surface area contributed by atoms with Crippen molar-refractivity contribution < 1.29 is 4.39 Å². The van der Waals surface area contributed by atoms with Crippen LogP contribution in [0.15, 0.2) is 18.2 Å². The Labute approximate surface area is 90.9 Å². The van der Waals surface area contributed by atoms with Crippen LogP contribution in [0.2, 0.25) is 0 Å². The molecule has 3 heteroatoms. The first-order valence-electron chi connectivity index (χ1n) is 4.36. The second-order valence-electron chi connectivity index (χ2n) is 3.35. The van der Waals surface area contributed by atoms with E-state index in [-0.39, 0.29) is 12.7 Å². The van der Waals surface area contributed by atoms with E-state index in [1.54, 1.807) is 0 Å². The number of alkyl halides is 1. The number of halogens is 2. The molecule has 1 aliphatic rings. The molecule has 0 aliphatic carbocycles. The molecule has 1 aromatic carbocycles. The van der Waals surface area contributed by atoms with E-state index in [9.17, 15) is 4.39 Å². The highest BCUT2D eigenvalue weighted by Gasteiger charge is 2.17. The van der Waals surface area contributed by atoms with E-state index in [1.165, 1.54) is 14.7 Å². The molecule has 1 heterocycles. The quantitative estimate of drug-likeness (QED) is 0.783. The molecule has 1 N–H and O–H groups in total.